The number of anilines is 1. The van der Waals surface area contributed by atoms with Crippen LogP contribution in [0.4, 0.5) is 10.1 Å². The molecule has 7 heteroatoms. The summed E-state index contributed by atoms with van der Waals surface area (Å²) in [5.74, 6) is -1.42. The van der Waals surface area contributed by atoms with Crippen LogP contribution in [0.5, 0.6) is 0 Å². The molecule has 0 bridgehead atoms. The van der Waals surface area contributed by atoms with Gasteiger partial charge in [-0.2, -0.15) is 0 Å². The first-order valence-corrected chi connectivity index (χ1v) is 9.41. The third kappa shape index (κ3) is 3.35. The van der Waals surface area contributed by atoms with E-state index < -0.39 is 11.6 Å². The zero-order valence-corrected chi connectivity index (χ0v) is 15.4. The van der Waals surface area contributed by atoms with Crippen LogP contribution in [0.2, 0.25) is 0 Å². The molecule has 1 saturated heterocycles. The summed E-state index contributed by atoms with van der Waals surface area (Å²) in [6, 6.07) is 7.40. The van der Waals surface area contributed by atoms with Crippen LogP contribution in [0.25, 0.3) is 5.65 Å². The van der Waals surface area contributed by atoms with Gasteiger partial charge in [-0.3, -0.25) is 14.0 Å². The minimum absolute atomic E-state index is 0.100. The van der Waals surface area contributed by atoms with E-state index in [1.54, 1.807) is 23.2 Å². The highest BCUT2D eigenvalue weighted by Gasteiger charge is 2.22. The van der Waals surface area contributed by atoms with Crippen LogP contribution < -0.4 is 5.73 Å². The first kappa shape index (κ1) is 18.2. The molecule has 2 N–H and O–H groups in total. The molecule has 6 nitrogen and oxygen atoms in total. The lowest BCUT2D eigenvalue weighted by molar-refractivity contribution is 0.0760. The van der Waals surface area contributed by atoms with Crippen LogP contribution in [-0.2, 0) is 0 Å². The summed E-state index contributed by atoms with van der Waals surface area (Å²) in [6.07, 6.45) is 7.10. The Morgan fingerprint density at radius 2 is 1.79 bits per heavy atom. The number of rotatable bonds is 3. The molecule has 1 aliphatic rings. The number of fused-ring (bicyclic) bond motifs is 1. The maximum absolute atomic E-state index is 14.7. The van der Waals surface area contributed by atoms with E-state index in [1.807, 2.05) is 0 Å². The maximum atomic E-state index is 14.7. The highest BCUT2D eigenvalue weighted by molar-refractivity contribution is 6.09. The first-order chi connectivity index (χ1) is 13.5. The Bertz CT molecular complexity index is 1050. The van der Waals surface area contributed by atoms with Crippen molar-refractivity contribution in [3.05, 3.63) is 65.4 Å². The number of nitrogens with zero attached hydrogens (tertiary/aromatic N) is 3. The van der Waals surface area contributed by atoms with E-state index in [0.717, 1.165) is 31.7 Å². The lowest BCUT2D eigenvalue weighted by Crippen LogP contribution is -2.32. The molecule has 0 aliphatic carbocycles. The molecule has 0 spiro atoms. The zero-order chi connectivity index (χ0) is 19.7. The van der Waals surface area contributed by atoms with E-state index in [0.29, 0.717) is 24.4 Å². The lowest BCUT2D eigenvalue weighted by Gasteiger charge is -2.20. The van der Waals surface area contributed by atoms with E-state index in [-0.39, 0.29) is 22.7 Å². The minimum atomic E-state index is -0.718. The lowest BCUT2D eigenvalue weighted by atomic mass is 10.0. The van der Waals surface area contributed by atoms with Crippen LogP contribution in [0.1, 0.15) is 52.1 Å². The average molecular weight is 380 g/mol. The molecule has 1 fully saturated rings. The van der Waals surface area contributed by atoms with Crippen molar-refractivity contribution >= 4 is 23.0 Å². The third-order valence-electron chi connectivity index (χ3n) is 5.12. The fraction of sp³-hybridized carbons (Fsp3) is 0.286. The monoisotopic (exact) mass is 380 g/mol. The molecule has 1 aliphatic heterocycles. The van der Waals surface area contributed by atoms with Gasteiger partial charge < -0.3 is 10.6 Å². The van der Waals surface area contributed by atoms with Gasteiger partial charge in [-0.15, -0.1) is 0 Å². The van der Waals surface area contributed by atoms with Gasteiger partial charge in [0.15, 0.2) is 0 Å². The Morgan fingerprint density at radius 3 is 2.50 bits per heavy atom. The van der Waals surface area contributed by atoms with Gasteiger partial charge >= 0.3 is 0 Å². The number of imidazole rings is 1. The molecule has 3 heterocycles. The van der Waals surface area contributed by atoms with E-state index in [1.165, 1.54) is 22.7 Å². The fourth-order valence-corrected chi connectivity index (χ4v) is 3.59. The van der Waals surface area contributed by atoms with Crippen molar-refractivity contribution in [2.45, 2.75) is 25.7 Å². The Labute approximate surface area is 161 Å². The average Bonchev–Trinajstić information content (AvgIpc) is 2.91. The minimum Gasteiger partial charge on any atom is -0.398 e. The highest BCUT2D eigenvalue weighted by Crippen LogP contribution is 2.20. The van der Waals surface area contributed by atoms with Gasteiger partial charge in [0.1, 0.15) is 17.2 Å². The number of hydrogen-bond donors (Lipinski definition) is 1. The van der Waals surface area contributed by atoms with Crippen molar-refractivity contribution in [2.75, 3.05) is 18.8 Å². The number of nitrogens with two attached hydrogens (primary N) is 1. The quantitative estimate of drug-likeness (QED) is 0.707. The second-order valence-electron chi connectivity index (χ2n) is 7.06. The van der Waals surface area contributed by atoms with Gasteiger partial charge in [-0.1, -0.05) is 12.8 Å². The maximum Gasteiger partial charge on any atom is 0.253 e. The summed E-state index contributed by atoms with van der Waals surface area (Å²) in [4.78, 5) is 31.4. The molecule has 4 rings (SSSR count). The van der Waals surface area contributed by atoms with Crippen LogP contribution in [0.3, 0.4) is 0 Å². The summed E-state index contributed by atoms with van der Waals surface area (Å²) in [5.41, 5.74) is 7.18. The molecule has 0 atom stereocenters. The Kier molecular flexibility index (Phi) is 4.81. The fourth-order valence-electron chi connectivity index (χ4n) is 3.59. The number of benzene rings is 1. The predicted molar refractivity (Wildman–Crippen MR) is 104 cm³/mol. The SMILES string of the molecule is Nc1ccc2ncc(C(=O)c3ccc(C(=O)N4CCCCCC4)cc3F)n2c1. The normalized spacial score (nSPS) is 14.8. The topological polar surface area (TPSA) is 80.7 Å². The van der Waals surface area contributed by atoms with E-state index >= 15 is 0 Å². The third-order valence-corrected chi connectivity index (χ3v) is 5.12. The standard InChI is InChI=1S/C21H21FN4O2/c22-17-11-14(21(28)25-9-3-1-2-4-10-25)5-7-16(17)20(27)18-12-24-19-8-6-15(23)13-26(18)19/h5-8,11-13H,1-4,9-10,23H2. The largest absolute Gasteiger partial charge is 0.398 e. The first-order valence-electron chi connectivity index (χ1n) is 9.41. The van der Waals surface area contributed by atoms with E-state index in [9.17, 15) is 14.0 Å². The van der Waals surface area contributed by atoms with Crippen molar-refractivity contribution in [3.8, 4) is 0 Å². The van der Waals surface area contributed by atoms with Crippen molar-refractivity contribution < 1.29 is 14.0 Å². The Balaban J connectivity index is 1.62. The summed E-state index contributed by atoms with van der Waals surface area (Å²) in [6.45, 7) is 1.37. The smallest absolute Gasteiger partial charge is 0.253 e. The van der Waals surface area contributed by atoms with Gasteiger partial charge in [-0.05, 0) is 43.2 Å². The van der Waals surface area contributed by atoms with Gasteiger partial charge in [0.05, 0.1) is 11.8 Å². The molecule has 144 valence electrons. The van der Waals surface area contributed by atoms with Gasteiger partial charge in [0, 0.05) is 30.5 Å². The van der Waals surface area contributed by atoms with Crippen molar-refractivity contribution in [1.82, 2.24) is 14.3 Å². The molecule has 1 aromatic carbocycles. The van der Waals surface area contributed by atoms with Crippen LogP contribution >= 0.6 is 0 Å². The molecule has 1 amide bonds. The second-order valence-corrected chi connectivity index (χ2v) is 7.06. The number of nitrogen functional groups attached to an aromatic ring is 1. The molecule has 0 saturated carbocycles. The van der Waals surface area contributed by atoms with Crippen molar-refractivity contribution in [2.24, 2.45) is 0 Å². The van der Waals surface area contributed by atoms with Crippen LogP contribution in [0, 0.1) is 5.82 Å². The number of hydrogen-bond acceptors (Lipinski definition) is 4. The van der Waals surface area contributed by atoms with Gasteiger partial charge in [-0.25, -0.2) is 9.37 Å². The zero-order valence-electron chi connectivity index (χ0n) is 15.4. The molecule has 2 aromatic heterocycles. The summed E-state index contributed by atoms with van der Waals surface area (Å²) >= 11 is 0. The summed E-state index contributed by atoms with van der Waals surface area (Å²) < 4.78 is 16.3. The number of aromatic nitrogens is 2. The second kappa shape index (κ2) is 7.42. The van der Waals surface area contributed by atoms with Crippen molar-refractivity contribution in [3.63, 3.8) is 0 Å². The molecule has 0 radical (unpaired) electrons. The number of pyridine rings is 1. The van der Waals surface area contributed by atoms with Gasteiger partial charge in [0.2, 0.25) is 5.78 Å². The van der Waals surface area contributed by atoms with Crippen molar-refractivity contribution in [1.29, 1.82) is 0 Å². The Hall–Kier alpha value is -3.22. The molecular weight excluding hydrogens is 359 g/mol. The number of ketones is 1. The molecule has 28 heavy (non-hydrogen) atoms. The summed E-state index contributed by atoms with van der Waals surface area (Å²) in [7, 11) is 0. The molecule has 0 unspecified atom stereocenters. The van der Waals surface area contributed by atoms with E-state index in [4.69, 9.17) is 5.73 Å². The molecule has 3 aromatic rings. The molecular formula is C21H21FN4O2. The Morgan fingerprint density at radius 1 is 1.04 bits per heavy atom. The van der Waals surface area contributed by atoms with Crippen LogP contribution in [0.15, 0.2) is 42.7 Å². The van der Waals surface area contributed by atoms with Gasteiger partial charge in [0.25, 0.3) is 5.91 Å². The highest BCUT2D eigenvalue weighted by atomic mass is 19.1. The number of likely N-dealkylation sites (tertiary alicyclic amines) is 1. The number of amides is 1. The predicted octanol–water partition coefficient (Wildman–Crippen LogP) is 3.30. The summed E-state index contributed by atoms with van der Waals surface area (Å²) in [5, 5.41) is 0. The number of halogens is 1. The number of carbonyl (C=O) groups is 2. The van der Waals surface area contributed by atoms with E-state index in [2.05, 4.69) is 4.98 Å². The van der Waals surface area contributed by atoms with Crippen LogP contribution in [-0.4, -0.2) is 39.1 Å². The number of carbonyl (C=O) groups excluding carboxylic acids is 2.